The first-order valence-electron chi connectivity index (χ1n) is 7.91. The molecule has 3 rings (SSSR count). The van der Waals surface area contributed by atoms with Crippen LogP contribution < -0.4 is 5.32 Å². The largest absolute Gasteiger partial charge is 0.404 e. The van der Waals surface area contributed by atoms with Gasteiger partial charge >= 0.3 is 5.82 Å². The summed E-state index contributed by atoms with van der Waals surface area (Å²) >= 11 is 8.97. The van der Waals surface area contributed by atoms with E-state index in [1.54, 1.807) is 30.3 Å². The number of aromatic nitrogens is 2. The Balaban J connectivity index is 1.67. The minimum atomic E-state index is -0.554. The molecule has 9 heteroatoms. The van der Waals surface area contributed by atoms with Crippen LogP contribution in [0.15, 0.2) is 59.2 Å². The van der Waals surface area contributed by atoms with Crippen molar-refractivity contribution in [2.24, 2.45) is 0 Å². The Kier molecular flexibility index (Phi) is 5.88. The molecule has 0 aliphatic carbocycles. The number of nitro groups is 1. The van der Waals surface area contributed by atoms with Gasteiger partial charge in [0.1, 0.15) is 4.47 Å². The van der Waals surface area contributed by atoms with E-state index in [0.29, 0.717) is 28.1 Å². The molecule has 1 amide bonds. The third-order valence-corrected chi connectivity index (χ3v) is 4.58. The highest BCUT2D eigenvalue weighted by molar-refractivity contribution is 9.10. The molecule has 2 aromatic carbocycles. The number of carbonyl (C=O) groups excluding carboxylic acids is 1. The summed E-state index contributed by atoms with van der Waals surface area (Å²) in [6.07, 6.45) is 1.53. The van der Waals surface area contributed by atoms with Gasteiger partial charge in [-0.1, -0.05) is 35.9 Å². The zero-order chi connectivity index (χ0) is 19.4. The molecule has 0 fully saturated rings. The van der Waals surface area contributed by atoms with Crippen LogP contribution in [0.2, 0.25) is 5.02 Å². The highest BCUT2D eigenvalue weighted by Crippen LogP contribution is 2.22. The van der Waals surface area contributed by atoms with Crippen LogP contribution in [0.5, 0.6) is 0 Å². The fourth-order valence-corrected chi connectivity index (χ4v) is 3.06. The van der Waals surface area contributed by atoms with Crippen LogP contribution in [-0.2, 0) is 13.1 Å². The summed E-state index contributed by atoms with van der Waals surface area (Å²) in [5.41, 5.74) is 2.25. The molecule has 27 heavy (non-hydrogen) atoms. The highest BCUT2D eigenvalue weighted by Gasteiger charge is 2.18. The summed E-state index contributed by atoms with van der Waals surface area (Å²) in [5, 5.41) is 18.3. The molecule has 0 atom stereocenters. The van der Waals surface area contributed by atoms with Crippen molar-refractivity contribution in [2.75, 3.05) is 0 Å². The molecule has 1 aromatic heterocycles. The van der Waals surface area contributed by atoms with Crippen LogP contribution in [-0.4, -0.2) is 20.6 Å². The number of nitrogens with zero attached hydrogens (tertiary/aromatic N) is 3. The van der Waals surface area contributed by atoms with Gasteiger partial charge in [0.2, 0.25) is 0 Å². The van der Waals surface area contributed by atoms with Crippen molar-refractivity contribution in [1.82, 2.24) is 15.1 Å². The maximum absolute atomic E-state index is 12.4. The van der Waals surface area contributed by atoms with Crippen LogP contribution in [0.25, 0.3) is 0 Å². The average molecular weight is 450 g/mol. The molecule has 1 N–H and O–H groups in total. The quantitative estimate of drug-likeness (QED) is 0.451. The van der Waals surface area contributed by atoms with Crippen molar-refractivity contribution in [2.45, 2.75) is 13.1 Å². The lowest BCUT2D eigenvalue weighted by molar-refractivity contribution is -0.390. The molecule has 0 radical (unpaired) electrons. The molecule has 0 saturated carbocycles. The second-order valence-electron chi connectivity index (χ2n) is 5.76. The number of rotatable bonds is 6. The third kappa shape index (κ3) is 4.93. The van der Waals surface area contributed by atoms with Gasteiger partial charge < -0.3 is 15.4 Å². The Morgan fingerprint density at radius 3 is 2.63 bits per heavy atom. The minimum Gasteiger partial charge on any atom is -0.358 e. The second-order valence-corrected chi connectivity index (χ2v) is 7.06. The Hall–Kier alpha value is -2.71. The van der Waals surface area contributed by atoms with Gasteiger partial charge in [0.15, 0.2) is 0 Å². The Morgan fingerprint density at radius 2 is 1.96 bits per heavy atom. The zero-order valence-electron chi connectivity index (χ0n) is 13.9. The van der Waals surface area contributed by atoms with Crippen LogP contribution in [0.3, 0.4) is 0 Å². The van der Waals surface area contributed by atoms with Gasteiger partial charge in [0, 0.05) is 17.1 Å². The molecule has 0 aliphatic heterocycles. The van der Waals surface area contributed by atoms with E-state index in [-0.39, 0.29) is 11.7 Å². The lowest BCUT2D eigenvalue weighted by atomic mass is 10.1. The van der Waals surface area contributed by atoms with Gasteiger partial charge in [0.25, 0.3) is 5.91 Å². The summed E-state index contributed by atoms with van der Waals surface area (Å²) in [7, 11) is 0. The van der Waals surface area contributed by atoms with E-state index in [1.165, 1.54) is 10.9 Å². The average Bonchev–Trinajstić information content (AvgIpc) is 3.01. The van der Waals surface area contributed by atoms with Gasteiger partial charge in [0.05, 0.1) is 17.8 Å². The van der Waals surface area contributed by atoms with Crippen molar-refractivity contribution < 1.29 is 9.72 Å². The first kappa shape index (κ1) is 19.1. The lowest BCUT2D eigenvalue weighted by Crippen LogP contribution is -2.22. The van der Waals surface area contributed by atoms with Crippen molar-refractivity contribution in [3.63, 3.8) is 0 Å². The third-order valence-electron chi connectivity index (χ3n) is 3.77. The number of amides is 1. The fourth-order valence-electron chi connectivity index (χ4n) is 2.48. The van der Waals surface area contributed by atoms with E-state index in [2.05, 4.69) is 26.3 Å². The molecule has 0 spiro atoms. The smallest absolute Gasteiger partial charge is 0.358 e. The molecule has 3 aromatic rings. The molecule has 0 unspecified atom stereocenters. The first-order chi connectivity index (χ1) is 12.9. The van der Waals surface area contributed by atoms with Gasteiger partial charge in [-0.2, -0.15) is 4.68 Å². The van der Waals surface area contributed by atoms with Gasteiger partial charge in [-0.05, 0) is 56.2 Å². The van der Waals surface area contributed by atoms with E-state index in [0.717, 1.165) is 11.1 Å². The number of carbonyl (C=O) groups is 1. The van der Waals surface area contributed by atoms with E-state index in [9.17, 15) is 14.9 Å². The number of hydrogen-bond donors (Lipinski definition) is 1. The summed E-state index contributed by atoms with van der Waals surface area (Å²) in [4.78, 5) is 22.7. The topological polar surface area (TPSA) is 90.1 Å². The Labute approximate surface area is 168 Å². The molecule has 0 bridgehead atoms. The first-order valence-corrected chi connectivity index (χ1v) is 9.08. The molecule has 1 heterocycles. The summed E-state index contributed by atoms with van der Waals surface area (Å²) in [5.74, 6) is -0.453. The van der Waals surface area contributed by atoms with Crippen LogP contribution >= 0.6 is 27.5 Å². The Morgan fingerprint density at radius 1 is 1.22 bits per heavy atom. The summed E-state index contributed by atoms with van der Waals surface area (Å²) < 4.78 is 1.76. The van der Waals surface area contributed by atoms with Gasteiger partial charge in [-0.25, -0.2) is 0 Å². The maximum Gasteiger partial charge on any atom is 0.404 e. The molecule has 0 aliphatic rings. The normalized spacial score (nSPS) is 10.6. The SMILES string of the molecule is O=C(NCc1ccc(Cl)cc1)c1cccc(Cn2cc(Br)c([N+](=O)[O-])n2)c1. The molecule has 7 nitrogen and oxygen atoms in total. The summed E-state index contributed by atoms with van der Waals surface area (Å²) in [6.45, 7) is 0.698. The molecule has 0 saturated heterocycles. The Bertz CT molecular complexity index is 989. The second kappa shape index (κ2) is 8.32. The van der Waals surface area contributed by atoms with Crippen molar-refractivity contribution in [3.05, 3.63) is 91.0 Å². The molecule has 138 valence electrons. The maximum atomic E-state index is 12.4. The van der Waals surface area contributed by atoms with E-state index < -0.39 is 4.92 Å². The molecular weight excluding hydrogens is 436 g/mol. The van der Waals surface area contributed by atoms with Crippen molar-refractivity contribution >= 4 is 39.3 Å². The fraction of sp³-hybridized carbons (Fsp3) is 0.111. The molecular formula is C18H14BrClN4O3. The minimum absolute atomic E-state index is 0.209. The van der Waals surface area contributed by atoms with Gasteiger partial charge in [-0.3, -0.25) is 4.79 Å². The summed E-state index contributed by atoms with van der Waals surface area (Å²) in [6, 6.07) is 14.3. The number of halogens is 2. The van der Waals surface area contributed by atoms with E-state index in [4.69, 9.17) is 11.6 Å². The van der Waals surface area contributed by atoms with Crippen LogP contribution in [0, 0.1) is 10.1 Å². The number of nitrogens with one attached hydrogen (secondary N) is 1. The lowest BCUT2D eigenvalue weighted by Gasteiger charge is -2.07. The number of hydrogen-bond acceptors (Lipinski definition) is 4. The van der Waals surface area contributed by atoms with E-state index >= 15 is 0 Å². The van der Waals surface area contributed by atoms with Crippen LogP contribution in [0.1, 0.15) is 21.5 Å². The monoisotopic (exact) mass is 448 g/mol. The zero-order valence-corrected chi connectivity index (χ0v) is 16.3. The highest BCUT2D eigenvalue weighted by atomic mass is 79.9. The van der Waals surface area contributed by atoms with Crippen LogP contribution in [0.4, 0.5) is 5.82 Å². The predicted molar refractivity (Wildman–Crippen MR) is 105 cm³/mol. The standard InChI is InChI=1S/C18H14BrClN4O3/c19-16-11-23(22-17(16)24(26)27)10-13-2-1-3-14(8-13)18(25)21-9-12-4-6-15(20)7-5-12/h1-8,11H,9-10H2,(H,21,25). The predicted octanol–water partition coefficient (Wildman–Crippen LogP) is 4.19. The van der Waals surface area contributed by atoms with Crippen molar-refractivity contribution in [1.29, 1.82) is 0 Å². The van der Waals surface area contributed by atoms with E-state index in [1.807, 2.05) is 18.2 Å². The number of benzene rings is 2. The van der Waals surface area contributed by atoms with Gasteiger partial charge in [-0.15, -0.1) is 0 Å². The van der Waals surface area contributed by atoms with Crippen molar-refractivity contribution in [3.8, 4) is 0 Å².